The smallest absolute Gasteiger partial charge is 0.304 e. The summed E-state index contributed by atoms with van der Waals surface area (Å²) in [6.45, 7) is 7.42. The number of ether oxygens (including phenoxy) is 1. The van der Waals surface area contributed by atoms with E-state index in [1.807, 2.05) is 45.0 Å². The van der Waals surface area contributed by atoms with Crippen molar-refractivity contribution in [3.05, 3.63) is 59.2 Å². The fourth-order valence-corrected chi connectivity index (χ4v) is 4.94. The molecule has 0 radical (unpaired) electrons. The van der Waals surface area contributed by atoms with Gasteiger partial charge in [-0.1, -0.05) is 31.2 Å². The number of benzene rings is 2. The molecule has 0 fully saturated rings. The van der Waals surface area contributed by atoms with E-state index in [2.05, 4.69) is 5.32 Å². The van der Waals surface area contributed by atoms with E-state index in [1.165, 1.54) is 19.0 Å². The Bertz CT molecular complexity index is 1150. The van der Waals surface area contributed by atoms with Gasteiger partial charge in [0.1, 0.15) is 18.3 Å². The van der Waals surface area contributed by atoms with Gasteiger partial charge in [0, 0.05) is 27.2 Å². The minimum atomic E-state index is -4.00. The molecule has 0 spiro atoms. The topological polar surface area (TPSA) is 99.3 Å². The number of rotatable bonds is 12. The summed E-state index contributed by atoms with van der Waals surface area (Å²) in [5.41, 5.74) is 2.80. The monoisotopic (exact) mass is 518 g/mol. The lowest BCUT2D eigenvalue weighted by atomic mass is 10.1. The first-order valence-electron chi connectivity index (χ1n) is 11.9. The standard InChI is InChI=1S/C26H38N4O5S/c1-8-23(26(32)27-9-2)29(17-21-12-14-22(35-7)15-13-21)25(31)18-30(36(33,34)28(5)6)24-16-19(3)10-11-20(24)4/h10-16,23H,8-9,17-18H2,1-7H3,(H,27,32). The summed E-state index contributed by atoms with van der Waals surface area (Å²) in [7, 11) is 0.421. The number of methoxy groups -OCH3 is 1. The lowest BCUT2D eigenvalue weighted by Crippen LogP contribution is -2.53. The first-order valence-corrected chi connectivity index (χ1v) is 13.3. The summed E-state index contributed by atoms with van der Waals surface area (Å²) >= 11 is 0. The average Bonchev–Trinajstić information content (AvgIpc) is 2.84. The van der Waals surface area contributed by atoms with Crippen molar-refractivity contribution in [2.75, 3.05) is 38.6 Å². The number of anilines is 1. The molecule has 36 heavy (non-hydrogen) atoms. The minimum absolute atomic E-state index is 0.140. The highest BCUT2D eigenvalue weighted by molar-refractivity contribution is 7.90. The van der Waals surface area contributed by atoms with Crippen molar-refractivity contribution in [2.45, 2.75) is 46.7 Å². The predicted molar refractivity (Wildman–Crippen MR) is 142 cm³/mol. The van der Waals surface area contributed by atoms with Gasteiger partial charge >= 0.3 is 10.2 Å². The van der Waals surface area contributed by atoms with Crippen LogP contribution < -0.4 is 14.4 Å². The van der Waals surface area contributed by atoms with Gasteiger partial charge in [-0.3, -0.25) is 9.59 Å². The highest BCUT2D eigenvalue weighted by Crippen LogP contribution is 2.26. The zero-order valence-corrected chi connectivity index (χ0v) is 23.1. The minimum Gasteiger partial charge on any atom is -0.497 e. The maximum absolute atomic E-state index is 13.8. The van der Waals surface area contributed by atoms with Crippen molar-refractivity contribution >= 4 is 27.7 Å². The van der Waals surface area contributed by atoms with Crippen molar-refractivity contribution < 1.29 is 22.7 Å². The van der Waals surface area contributed by atoms with Gasteiger partial charge in [-0.05, 0) is 62.1 Å². The van der Waals surface area contributed by atoms with E-state index in [-0.39, 0.29) is 12.5 Å². The third kappa shape index (κ3) is 6.98. The summed E-state index contributed by atoms with van der Waals surface area (Å²) in [5, 5.41) is 2.79. The number of nitrogens with one attached hydrogen (secondary N) is 1. The zero-order chi connectivity index (χ0) is 27.0. The number of carbonyl (C=O) groups is 2. The van der Waals surface area contributed by atoms with Crippen LogP contribution in [0.3, 0.4) is 0 Å². The Kier molecular flexibility index (Phi) is 10.3. The molecule has 0 saturated carbocycles. The molecule has 0 aromatic heterocycles. The van der Waals surface area contributed by atoms with Gasteiger partial charge in [-0.25, -0.2) is 4.31 Å². The van der Waals surface area contributed by atoms with Gasteiger partial charge in [-0.2, -0.15) is 12.7 Å². The Morgan fingerprint density at radius 3 is 2.19 bits per heavy atom. The van der Waals surface area contributed by atoms with Crippen LogP contribution in [0.15, 0.2) is 42.5 Å². The Labute approximate surface area is 215 Å². The summed E-state index contributed by atoms with van der Waals surface area (Å²) < 4.78 is 34.1. The van der Waals surface area contributed by atoms with Crippen molar-refractivity contribution in [1.29, 1.82) is 0 Å². The molecule has 0 aliphatic rings. The number of aryl methyl sites for hydroxylation is 2. The predicted octanol–water partition coefficient (Wildman–Crippen LogP) is 2.87. The summed E-state index contributed by atoms with van der Waals surface area (Å²) in [6, 6.07) is 11.9. The fourth-order valence-electron chi connectivity index (χ4n) is 3.83. The molecular formula is C26H38N4O5S. The first kappa shape index (κ1) is 29.1. The van der Waals surface area contributed by atoms with Gasteiger partial charge in [0.15, 0.2) is 0 Å². The third-order valence-electron chi connectivity index (χ3n) is 5.90. The maximum atomic E-state index is 13.8. The second-order valence-corrected chi connectivity index (χ2v) is 10.8. The fraction of sp³-hybridized carbons (Fsp3) is 0.462. The molecular weight excluding hydrogens is 480 g/mol. The van der Waals surface area contributed by atoms with E-state index in [1.54, 1.807) is 32.2 Å². The number of hydrogen-bond donors (Lipinski definition) is 1. The van der Waals surface area contributed by atoms with E-state index in [0.29, 0.717) is 24.4 Å². The Morgan fingerprint density at radius 1 is 1.03 bits per heavy atom. The van der Waals surface area contributed by atoms with Crippen molar-refractivity contribution in [3.63, 3.8) is 0 Å². The largest absolute Gasteiger partial charge is 0.497 e. The number of nitrogens with zero attached hydrogens (tertiary/aromatic N) is 3. The number of hydrogen-bond acceptors (Lipinski definition) is 5. The lowest BCUT2D eigenvalue weighted by molar-refractivity contribution is -0.140. The van der Waals surface area contributed by atoms with Crippen LogP contribution in [0, 0.1) is 13.8 Å². The maximum Gasteiger partial charge on any atom is 0.304 e. The molecule has 0 aliphatic carbocycles. The summed E-state index contributed by atoms with van der Waals surface area (Å²) in [4.78, 5) is 28.2. The normalized spacial score (nSPS) is 12.2. The molecule has 2 amide bonds. The van der Waals surface area contributed by atoms with Crippen LogP contribution in [-0.4, -0.2) is 69.8 Å². The van der Waals surface area contributed by atoms with Gasteiger partial charge in [-0.15, -0.1) is 0 Å². The number of amides is 2. The first-order chi connectivity index (χ1) is 17.0. The van der Waals surface area contributed by atoms with E-state index in [9.17, 15) is 18.0 Å². The Hall–Kier alpha value is -3.11. The number of carbonyl (C=O) groups excluding carboxylic acids is 2. The third-order valence-corrected chi connectivity index (χ3v) is 7.71. The molecule has 2 rings (SSSR count). The summed E-state index contributed by atoms with van der Waals surface area (Å²) in [6.07, 6.45) is 0.373. The van der Waals surface area contributed by atoms with Crippen LogP contribution in [0.4, 0.5) is 5.69 Å². The second-order valence-electron chi connectivity index (χ2n) is 8.78. The molecule has 198 valence electrons. The highest BCUT2D eigenvalue weighted by Gasteiger charge is 2.34. The van der Waals surface area contributed by atoms with E-state index in [0.717, 1.165) is 25.3 Å². The molecule has 1 unspecified atom stereocenters. The molecule has 1 N–H and O–H groups in total. The average molecular weight is 519 g/mol. The molecule has 2 aromatic carbocycles. The molecule has 0 saturated heterocycles. The van der Waals surface area contributed by atoms with Crippen LogP contribution in [0.25, 0.3) is 0 Å². The number of likely N-dealkylation sites (N-methyl/N-ethyl adjacent to an activating group) is 1. The van der Waals surface area contributed by atoms with E-state index < -0.39 is 28.7 Å². The van der Waals surface area contributed by atoms with Crippen LogP contribution in [0.2, 0.25) is 0 Å². The van der Waals surface area contributed by atoms with Gasteiger partial charge in [0.05, 0.1) is 12.8 Å². The second kappa shape index (κ2) is 12.7. The van der Waals surface area contributed by atoms with Gasteiger partial charge in [0.2, 0.25) is 11.8 Å². The Balaban J connectivity index is 2.54. The van der Waals surface area contributed by atoms with Crippen LogP contribution in [0.1, 0.15) is 37.0 Å². The summed E-state index contributed by atoms with van der Waals surface area (Å²) in [5.74, 6) is -0.0866. The Morgan fingerprint density at radius 2 is 1.67 bits per heavy atom. The molecule has 0 heterocycles. The molecule has 2 aromatic rings. The molecule has 10 heteroatoms. The van der Waals surface area contributed by atoms with Crippen LogP contribution in [0.5, 0.6) is 5.75 Å². The lowest BCUT2D eigenvalue weighted by Gasteiger charge is -2.34. The van der Waals surface area contributed by atoms with Gasteiger partial charge in [0.25, 0.3) is 0 Å². The van der Waals surface area contributed by atoms with E-state index in [4.69, 9.17) is 4.74 Å². The highest BCUT2D eigenvalue weighted by atomic mass is 32.2. The van der Waals surface area contributed by atoms with E-state index >= 15 is 0 Å². The van der Waals surface area contributed by atoms with Crippen molar-refractivity contribution in [1.82, 2.24) is 14.5 Å². The molecule has 1 atom stereocenters. The van der Waals surface area contributed by atoms with Gasteiger partial charge < -0.3 is 15.0 Å². The molecule has 0 aliphatic heterocycles. The van der Waals surface area contributed by atoms with Crippen LogP contribution >= 0.6 is 0 Å². The zero-order valence-electron chi connectivity index (χ0n) is 22.2. The molecule has 9 nitrogen and oxygen atoms in total. The van der Waals surface area contributed by atoms with Crippen LogP contribution in [-0.2, 0) is 26.3 Å². The molecule has 0 bridgehead atoms. The van der Waals surface area contributed by atoms with Crippen molar-refractivity contribution in [2.24, 2.45) is 0 Å². The SMILES string of the molecule is CCNC(=O)C(CC)N(Cc1ccc(OC)cc1)C(=O)CN(c1cc(C)ccc1C)S(=O)(=O)N(C)C. The van der Waals surface area contributed by atoms with Crippen molar-refractivity contribution in [3.8, 4) is 5.75 Å². The quantitative estimate of drug-likeness (QED) is 0.466.